The topological polar surface area (TPSA) is 67.4 Å². The minimum atomic E-state index is -3.47. The van der Waals surface area contributed by atoms with E-state index in [2.05, 4.69) is 10.0 Å². The summed E-state index contributed by atoms with van der Waals surface area (Å²) in [5, 5.41) is 3.21. The summed E-state index contributed by atoms with van der Waals surface area (Å²) in [5.41, 5.74) is 2.10. The summed E-state index contributed by atoms with van der Waals surface area (Å²) in [4.78, 5) is 0.313. The number of sulfonamides is 1. The van der Waals surface area contributed by atoms with E-state index >= 15 is 0 Å². The van der Waals surface area contributed by atoms with Gasteiger partial charge in [-0.2, -0.15) is 0 Å². The Bertz CT molecular complexity index is 667. The highest BCUT2D eigenvalue weighted by atomic mass is 32.2. The molecule has 2 aliphatic heterocycles. The van der Waals surface area contributed by atoms with Crippen molar-refractivity contribution in [3.8, 4) is 5.75 Å². The van der Waals surface area contributed by atoms with Crippen molar-refractivity contribution in [3.63, 3.8) is 0 Å². The fourth-order valence-corrected chi connectivity index (χ4v) is 3.75. The molecule has 0 amide bonds. The van der Waals surface area contributed by atoms with E-state index in [0.717, 1.165) is 42.8 Å². The third kappa shape index (κ3) is 3.28. The quantitative estimate of drug-likeness (QED) is 0.821. The lowest BCUT2D eigenvalue weighted by molar-refractivity contribution is 0.254. The van der Waals surface area contributed by atoms with Crippen LogP contribution in [0.3, 0.4) is 0 Å². The van der Waals surface area contributed by atoms with Crippen LogP contribution in [0.1, 0.15) is 18.9 Å². The molecule has 1 unspecified atom stereocenters. The Morgan fingerprint density at radius 1 is 1.43 bits per heavy atom. The van der Waals surface area contributed by atoms with Gasteiger partial charge in [0.05, 0.1) is 4.90 Å². The first-order valence-electron chi connectivity index (χ1n) is 7.22. The molecular weight excluding hydrogens is 288 g/mol. The molecule has 114 valence electrons. The first kappa shape index (κ1) is 14.6. The van der Waals surface area contributed by atoms with E-state index in [1.54, 1.807) is 18.2 Å². The van der Waals surface area contributed by atoms with Gasteiger partial charge in [0.1, 0.15) is 11.9 Å². The molecule has 0 spiro atoms. The average molecular weight is 308 g/mol. The highest BCUT2D eigenvalue weighted by Crippen LogP contribution is 2.30. The fourth-order valence-electron chi connectivity index (χ4n) is 2.67. The van der Waals surface area contributed by atoms with Gasteiger partial charge in [0.2, 0.25) is 10.0 Å². The summed E-state index contributed by atoms with van der Waals surface area (Å²) in [6, 6.07) is 5.07. The second-order valence-corrected chi connectivity index (χ2v) is 7.31. The maximum absolute atomic E-state index is 12.4. The predicted molar refractivity (Wildman–Crippen MR) is 81.0 cm³/mol. The number of benzene rings is 1. The number of nitrogens with one attached hydrogen (secondary N) is 2. The molecule has 6 heteroatoms. The van der Waals surface area contributed by atoms with Gasteiger partial charge in [-0.3, -0.25) is 0 Å². The molecule has 0 saturated carbocycles. The Morgan fingerprint density at radius 2 is 2.29 bits per heavy atom. The van der Waals surface area contributed by atoms with Crippen molar-refractivity contribution in [1.82, 2.24) is 10.0 Å². The second kappa shape index (κ2) is 5.79. The van der Waals surface area contributed by atoms with Crippen LogP contribution in [-0.4, -0.2) is 34.2 Å². The number of hydrogen-bond donors (Lipinski definition) is 2. The SMILES string of the molecule is CC1Cc2cc(S(=O)(=O)NCC3=CCNCC3)ccc2O1. The van der Waals surface area contributed by atoms with Gasteiger partial charge in [-0.1, -0.05) is 11.6 Å². The van der Waals surface area contributed by atoms with Crippen LogP contribution in [0.4, 0.5) is 0 Å². The molecule has 2 aliphatic rings. The van der Waals surface area contributed by atoms with Crippen molar-refractivity contribution in [3.05, 3.63) is 35.4 Å². The number of ether oxygens (including phenoxy) is 1. The van der Waals surface area contributed by atoms with Crippen molar-refractivity contribution in [1.29, 1.82) is 0 Å². The molecule has 0 bridgehead atoms. The van der Waals surface area contributed by atoms with Gasteiger partial charge in [-0.05, 0) is 43.7 Å². The summed E-state index contributed by atoms with van der Waals surface area (Å²) in [5.74, 6) is 0.794. The lowest BCUT2D eigenvalue weighted by Gasteiger charge is -2.15. The minimum Gasteiger partial charge on any atom is -0.490 e. The average Bonchev–Trinajstić information content (AvgIpc) is 2.85. The van der Waals surface area contributed by atoms with Crippen molar-refractivity contribution in [2.45, 2.75) is 30.8 Å². The summed E-state index contributed by atoms with van der Waals surface area (Å²) in [7, 11) is -3.47. The molecule has 0 aromatic heterocycles. The van der Waals surface area contributed by atoms with Gasteiger partial charge in [0, 0.05) is 19.5 Å². The zero-order valence-corrected chi connectivity index (χ0v) is 12.9. The van der Waals surface area contributed by atoms with Crippen LogP contribution in [0.15, 0.2) is 34.7 Å². The van der Waals surface area contributed by atoms with Crippen molar-refractivity contribution >= 4 is 10.0 Å². The maximum Gasteiger partial charge on any atom is 0.240 e. The Labute approximate surface area is 125 Å². The third-order valence-corrected chi connectivity index (χ3v) is 5.22. The summed E-state index contributed by atoms with van der Waals surface area (Å²) < 4.78 is 33.0. The van der Waals surface area contributed by atoms with E-state index in [9.17, 15) is 8.42 Å². The van der Waals surface area contributed by atoms with E-state index < -0.39 is 10.0 Å². The van der Waals surface area contributed by atoms with Gasteiger partial charge in [-0.15, -0.1) is 0 Å². The molecule has 1 aromatic rings. The third-order valence-electron chi connectivity index (χ3n) is 3.82. The smallest absolute Gasteiger partial charge is 0.240 e. The molecule has 0 radical (unpaired) electrons. The predicted octanol–water partition coefficient (Wildman–Crippen LogP) is 1.21. The van der Waals surface area contributed by atoms with E-state index in [0.29, 0.717) is 11.4 Å². The monoisotopic (exact) mass is 308 g/mol. The molecule has 5 nitrogen and oxygen atoms in total. The number of hydrogen-bond acceptors (Lipinski definition) is 4. The molecule has 1 aromatic carbocycles. The zero-order valence-electron chi connectivity index (χ0n) is 12.1. The van der Waals surface area contributed by atoms with Crippen molar-refractivity contribution in [2.75, 3.05) is 19.6 Å². The molecule has 21 heavy (non-hydrogen) atoms. The maximum atomic E-state index is 12.4. The molecule has 0 saturated heterocycles. The zero-order chi connectivity index (χ0) is 14.9. The van der Waals surface area contributed by atoms with Crippen molar-refractivity contribution < 1.29 is 13.2 Å². The van der Waals surface area contributed by atoms with Gasteiger partial charge >= 0.3 is 0 Å². The van der Waals surface area contributed by atoms with Crippen LogP contribution < -0.4 is 14.8 Å². The summed E-state index contributed by atoms with van der Waals surface area (Å²) >= 11 is 0. The van der Waals surface area contributed by atoms with Crippen LogP contribution in [0, 0.1) is 0 Å². The first-order chi connectivity index (χ1) is 10.0. The molecular formula is C15H20N2O3S. The summed E-state index contributed by atoms with van der Waals surface area (Å²) in [6.07, 6.45) is 3.81. The van der Waals surface area contributed by atoms with Gasteiger partial charge in [-0.25, -0.2) is 13.1 Å². The van der Waals surface area contributed by atoms with Crippen LogP contribution in [-0.2, 0) is 16.4 Å². The van der Waals surface area contributed by atoms with Crippen LogP contribution >= 0.6 is 0 Å². The van der Waals surface area contributed by atoms with Gasteiger partial charge in [0.25, 0.3) is 0 Å². The lowest BCUT2D eigenvalue weighted by Crippen LogP contribution is -2.29. The van der Waals surface area contributed by atoms with E-state index in [1.807, 2.05) is 13.0 Å². The second-order valence-electron chi connectivity index (χ2n) is 5.54. The normalized spacial score (nSPS) is 21.6. The molecule has 0 fully saturated rings. The fraction of sp³-hybridized carbons (Fsp3) is 0.467. The molecule has 0 aliphatic carbocycles. The molecule has 3 rings (SSSR count). The van der Waals surface area contributed by atoms with Gasteiger partial charge < -0.3 is 10.1 Å². The molecule has 2 N–H and O–H groups in total. The Kier molecular flexibility index (Phi) is 4.01. The number of fused-ring (bicyclic) bond motifs is 1. The lowest BCUT2D eigenvalue weighted by atomic mass is 10.1. The van der Waals surface area contributed by atoms with Crippen LogP contribution in [0.5, 0.6) is 5.75 Å². The first-order valence-corrected chi connectivity index (χ1v) is 8.71. The highest BCUT2D eigenvalue weighted by Gasteiger charge is 2.22. The van der Waals surface area contributed by atoms with Crippen LogP contribution in [0.25, 0.3) is 0 Å². The summed E-state index contributed by atoms with van der Waals surface area (Å²) in [6.45, 7) is 4.08. The largest absolute Gasteiger partial charge is 0.490 e. The Balaban J connectivity index is 1.73. The highest BCUT2D eigenvalue weighted by molar-refractivity contribution is 7.89. The Hall–Kier alpha value is -1.37. The van der Waals surface area contributed by atoms with E-state index in [4.69, 9.17) is 4.74 Å². The Morgan fingerprint density at radius 3 is 3.05 bits per heavy atom. The van der Waals surface area contributed by atoms with Crippen LogP contribution in [0.2, 0.25) is 0 Å². The molecule has 2 heterocycles. The van der Waals surface area contributed by atoms with E-state index in [1.165, 1.54) is 0 Å². The standard InChI is InChI=1S/C15H20N2O3S/c1-11-8-13-9-14(2-3-15(13)20-11)21(18,19)17-10-12-4-6-16-7-5-12/h2-4,9,11,16-17H,5-8,10H2,1H3. The van der Waals surface area contributed by atoms with Crippen molar-refractivity contribution in [2.24, 2.45) is 0 Å². The van der Waals surface area contributed by atoms with Gasteiger partial charge in [0.15, 0.2) is 0 Å². The van der Waals surface area contributed by atoms with E-state index in [-0.39, 0.29) is 6.10 Å². The minimum absolute atomic E-state index is 0.116. The molecule has 1 atom stereocenters. The number of rotatable bonds is 4.